The predicted octanol–water partition coefficient (Wildman–Crippen LogP) is 4.59. The van der Waals surface area contributed by atoms with Gasteiger partial charge in [0.25, 0.3) is 5.56 Å². The SMILES string of the molecule is CCCCn1c(=O)c2ccccc2n2c(SCC(=O)Nc3ccc(C(F)(F)F)cc3)nnc12. The first-order chi connectivity index (χ1) is 15.8. The quantitative estimate of drug-likeness (QED) is 0.396. The Hall–Kier alpha value is -3.34. The summed E-state index contributed by atoms with van der Waals surface area (Å²) >= 11 is 1.13. The number of rotatable bonds is 7. The Balaban J connectivity index is 1.57. The summed E-state index contributed by atoms with van der Waals surface area (Å²) < 4.78 is 41.4. The summed E-state index contributed by atoms with van der Waals surface area (Å²) in [5.74, 6) is -0.0394. The summed E-state index contributed by atoms with van der Waals surface area (Å²) in [5, 5.41) is 11.9. The molecule has 1 N–H and O–H groups in total. The van der Waals surface area contributed by atoms with E-state index >= 15 is 0 Å². The number of unbranched alkanes of at least 4 members (excludes halogenated alkanes) is 1. The highest BCUT2D eigenvalue weighted by molar-refractivity contribution is 7.99. The molecule has 0 aliphatic heterocycles. The minimum atomic E-state index is -4.44. The van der Waals surface area contributed by atoms with Gasteiger partial charge in [-0.3, -0.25) is 18.6 Å². The van der Waals surface area contributed by atoms with Gasteiger partial charge in [-0.05, 0) is 42.8 Å². The van der Waals surface area contributed by atoms with Crippen molar-refractivity contribution in [1.82, 2.24) is 19.2 Å². The van der Waals surface area contributed by atoms with E-state index in [-0.39, 0.29) is 17.0 Å². The molecule has 0 radical (unpaired) electrons. The number of amides is 1. The van der Waals surface area contributed by atoms with Crippen molar-refractivity contribution in [1.29, 1.82) is 0 Å². The Kier molecular flexibility index (Phi) is 6.41. The Morgan fingerprint density at radius 2 is 1.82 bits per heavy atom. The van der Waals surface area contributed by atoms with Crippen molar-refractivity contribution in [3.05, 3.63) is 64.4 Å². The molecule has 11 heteroatoms. The van der Waals surface area contributed by atoms with Gasteiger partial charge in [-0.25, -0.2) is 0 Å². The molecule has 4 rings (SSSR count). The summed E-state index contributed by atoms with van der Waals surface area (Å²) in [6.07, 6.45) is -2.72. The van der Waals surface area contributed by atoms with Gasteiger partial charge in [-0.15, -0.1) is 10.2 Å². The third kappa shape index (κ3) is 4.72. The van der Waals surface area contributed by atoms with E-state index in [0.29, 0.717) is 28.4 Å². The Morgan fingerprint density at radius 1 is 1.09 bits per heavy atom. The number of halogens is 3. The maximum atomic E-state index is 13.0. The molecule has 0 aliphatic rings. The van der Waals surface area contributed by atoms with E-state index in [1.165, 1.54) is 12.1 Å². The van der Waals surface area contributed by atoms with Gasteiger partial charge in [-0.2, -0.15) is 13.2 Å². The zero-order valence-corrected chi connectivity index (χ0v) is 18.4. The second-order valence-corrected chi connectivity index (χ2v) is 8.30. The number of alkyl halides is 3. The zero-order valence-electron chi connectivity index (χ0n) is 17.6. The van der Waals surface area contributed by atoms with Gasteiger partial charge < -0.3 is 5.32 Å². The lowest BCUT2D eigenvalue weighted by Crippen LogP contribution is -2.23. The molecule has 0 aliphatic carbocycles. The topological polar surface area (TPSA) is 81.3 Å². The molecular weight excluding hydrogens is 455 g/mol. The molecule has 0 saturated heterocycles. The van der Waals surface area contributed by atoms with E-state index in [0.717, 1.165) is 36.7 Å². The molecule has 0 unspecified atom stereocenters. The number of nitrogens with one attached hydrogen (secondary N) is 1. The van der Waals surface area contributed by atoms with Crippen LogP contribution in [0.15, 0.2) is 58.5 Å². The highest BCUT2D eigenvalue weighted by Gasteiger charge is 2.30. The summed E-state index contributed by atoms with van der Waals surface area (Å²) in [6, 6.07) is 11.4. The van der Waals surface area contributed by atoms with Gasteiger partial charge in [0.2, 0.25) is 11.7 Å². The zero-order chi connectivity index (χ0) is 23.6. The first kappa shape index (κ1) is 22.8. The number of hydrogen-bond donors (Lipinski definition) is 1. The van der Waals surface area contributed by atoms with Crippen LogP contribution in [0, 0.1) is 0 Å². The maximum Gasteiger partial charge on any atom is 0.416 e. The van der Waals surface area contributed by atoms with Gasteiger partial charge >= 0.3 is 6.18 Å². The van der Waals surface area contributed by atoms with E-state index < -0.39 is 17.6 Å². The molecule has 0 bridgehead atoms. The molecule has 0 saturated carbocycles. The van der Waals surface area contributed by atoms with Crippen LogP contribution in [0.5, 0.6) is 0 Å². The highest BCUT2D eigenvalue weighted by atomic mass is 32.2. The van der Waals surface area contributed by atoms with Crippen LogP contribution in [0.4, 0.5) is 18.9 Å². The number of aromatic nitrogens is 4. The Morgan fingerprint density at radius 3 is 2.52 bits per heavy atom. The second-order valence-electron chi connectivity index (χ2n) is 7.36. The van der Waals surface area contributed by atoms with E-state index in [9.17, 15) is 22.8 Å². The summed E-state index contributed by atoms with van der Waals surface area (Å²) in [5.41, 5.74) is -0.0270. The number of fused-ring (bicyclic) bond motifs is 3. The Bertz CT molecular complexity index is 1360. The molecule has 0 atom stereocenters. The number of carbonyl (C=O) groups excluding carboxylic acids is 1. The number of para-hydroxylation sites is 1. The largest absolute Gasteiger partial charge is 0.416 e. The molecule has 2 heterocycles. The molecule has 1 amide bonds. The van der Waals surface area contributed by atoms with Crippen LogP contribution in [0.25, 0.3) is 16.7 Å². The smallest absolute Gasteiger partial charge is 0.325 e. The fraction of sp³-hybridized carbons (Fsp3) is 0.273. The number of nitrogens with zero attached hydrogens (tertiary/aromatic N) is 4. The molecule has 0 spiro atoms. The van der Waals surface area contributed by atoms with Crippen molar-refractivity contribution < 1.29 is 18.0 Å². The fourth-order valence-electron chi connectivity index (χ4n) is 3.41. The lowest BCUT2D eigenvalue weighted by Gasteiger charge is -2.11. The standard InChI is InChI=1S/C22H20F3N5O2S/c1-2-3-12-29-19(32)16-6-4-5-7-17(16)30-20(29)27-28-21(30)33-13-18(31)26-15-10-8-14(9-11-15)22(23,24)25/h4-11H,2-3,12-13H2,1H3,(H,26,31). The minimum Gasteiger partial charge on any atom is -0.325 e. The summed E-state index contributed by atoms with van der Waals surface area (Å²) in [6.45, 7) is 2.53. The minimum absolute atomic E-state index is 0.0375. The van der Waals surface area contributed by atoms with Crippen LogP contribution >= 0.6 is 11.8 Å². The van der Waals surface area contributed by atoms with Crippen molar-refractivity contribution >= 4 is 40.0 Å². The van der Waals surface area contributed by atoms with Gasteiger partial charge in [0.05, 0.1) is 22.2 Å². The van der Waals surface area contributed by atoms with Crippen molar-refractivity contribution in [3.8, 4) is 0 Å². The molecule has 7 nitrogen and oxygen atoms in total. The van der Waals surface area contributed by atoms with E-state index in [1.807, 2.05) is 13.0 Å². The van der Waals surface area contributed by atoms with Crippen LogP contribution in [0.2, 0.25) is 0 Å². The first-order valence-corrected chi connectivity index (χ1v) is 11.2. The molecule has 2 aromatic carbocycles. The average molecular weight is 475 g/mol. The Labute approximate surface area is 190 Å². The third-order valence-corrected chi connectivity index (χ3v) is 5.97. The molecule has 33 heavy (non-hydrogen) atoms. The molecule has 2 aromatic heterocycles. The van der Waals surface area contributed by atoms with Crippen molar-refractivity contribution in [2.75, 3.05) is 11.1 Å². The number of anilines is 1. The van der Waals surface area contributed by atoms with E-state index in [4.69, 9.17) is 0 Å². The van der Waals surface area contributed by atoms with E-state index in [1.54, 1.807) is 27.2 Å². The van der Waals surface area contributed by atoms with E-state index in [2.05, 4.69) is 15.5 Å². The van der Waals surface area contributed by atoms with Crippen molar-refractivity contribution in [2.45, 2.75) is 37.6 Å². The predicted molar refractivity (Wildman–Crippen MR) is 120 cm³/mol. The summed E-state index contributed by atoms with van der Waals surface area (Å²) in [4.78, 5) is 25.3. The normalized spacial score (nSPS) is 11.9. The van der Waals surface area contributed by atoms with Crippen LogP contribution in [0.3, 0.4) is 0 Å². The van der Waals surface area contributed by atoms with Gasteiger partial charge in [0.1, 0.15) is 0 Å². The van der Waals surface area contributed by atoms with Gasteiger partial charge in [-0.1, -0.05) is 37.2 Å². The number of hydrogen-bond acceptors (Lipinski definition) is 5. The number of thioether (sulfide) groups is 1. The molecule has 0 fully saturated rings. The van der Waals surface area contributed by atoms with Gasteiger partial charge in [0.15, 0.2) is 5.16 Å². The van der Waals surface area contributed by atoms with Crippen molar-refractivity contribution in [2.24, 2.45) is 0 Å². The highest BCUT2D eigenvalue weighted by Crippen LogP contribution is 2.30. The second kappa shape index (κ2) is 9.26. The number of benzene rings is 2. The molecular formula is C22H20F3N5O2S. The average Bonchev–Trinajstić information content (AvgIpc) is 3.21. The maximum absolute atomic E-state index is 13.0. The fourth-order valence-corrected chi connectivity index (χ4v) is 4.15. The lowest BCUT2D eigenvalue weighted by atomic mass is 10.2. The van der Waals surface area contributed by atoms with Crippen LogP contribution in [0.1, 0.15) is 25.3 Å². The monoisotopic (exact) mass is 475 g/mol. The summed E-state index contributed by atoms with van der Waals surface area (Å²) in [7, 11) is 0. The number of aryl methyl sites for hydroxylation is 1. The van der Waals surface area contributed by atoms with Crippen LogP contribution in [-0.2, 0) is 17.5 Å². The third-order valence-electron chi connectivity index (χ3n) is 5.04. The number of carbonyl (C=O) groups is 1. The van der Waals surface area contributed by atoms with Crippen molar-refractivity contribution in [3.63, 3.8) is 0 Å². The lowest BCUT2D eigenvalue weighted by molar-refractivity contribution is -0.137. The first-order valence-electron chi connectivity index (χ1n) is 10.3. The van der Waals surface area contributed by atoms with Gasteiger partial charge in [0, 0.05) is 12.2 Å². The molecule has 172 valence electrons. The van der Waals surface area contributed by atoms with Crippen LogP contribution in [-0.4, -0.2) is 30.8 Å². The van der Waals surface area contributed by atoms with Crippen LogP contribution < -0.4 is 10.9 Å². The molecule has 4 aromatic rings.